The van der Waals surface area contributed by atoms with Crippen LogP contribution in [0.15, 0.2) is 48.8 Å². The lowest BCUT2D eigenvalue weighted by Crippen LogP contribution is -2.33. The van der Waals surface area contributed by atoms with E-state index in [1.807, 2.05) is 24.3 Å². The Kier molecular flexibility index (Phi) is 8.42. The molecule has 0 saturated heterocycles. The van der Waals surface area contributed by atoms with Gasteiger partial charge in [-0.2, -0.15) is 0 Å². The van der Waals surface area contributed by atoms with Gasteiger partial charge in [0, 0.05) is 31.2 Å². The van der Waals surface area contributed by atoms with E-state index in [2.05, 4.69) is 21.1 Å². The first-order chi connectivity index (χ1) is 13.8. The molecule has 8 nitrogen and oxygen atoms in total. The number of nitrogens with zero attached hydrogens (tertiary/aromatic N) is 1. The maximum Gasteiger partial charge on any atom is 0.407 e. The molecule has 29 heavy (non-hydrogen) atoms. The van der Waals surface area contributed by atoms with Gasteiger partial charge in [-0.3, -0.25) is 14.6 Å². The van der Waals surface area contributed by atoms with Crippen LogP contribution in [0.2, 0.25) is 0 Å². The molecule has 0 atom stereocenters. The summed E-state index contributed by atoms with van der Waals surface area (Å²) in [6, 6.07) is 11.0. The van der Waals surface area contributed by atoms with E-state index in [1.54, 1.807) is 45.3 Å². The van der Waals surface area contributed by atoms with Gasteiger partial charge in [0.05, 0.1) is 12.2 Å². The quantitative estimate of drug-likeness (QED) is 0.441. The summed E-state index contributed by atoms with van der Waals surface area (Å²) in [7, 11) is 0. The average Bonchev–Trinajstić information content (AvgIpc) is 2.68. The fourth-order valence-electron chi connectivity index (χ4n) is 2.35. The number of ether oxygens (including phenoxy) is 1. The Bertz CT molecular complexity index is 791. The fraction of sp³-hybridized carbons (Fsp3) is 0.381. The summed E-state index contributed by atoms with van der Waals surface area (Å²) in [6.45, 7) is 6.62. The van der Waals surface area contributed by atoms with E-state index in [4.69, 9.17) is 9.57 Å². The van der Waals surface area contributed by atoms with E-state index in [9.17, 15) is 9.59 Å². The van der Waals surface area contributed by atoms with Crippen LogP contribution in [0.3, 0.4) is 0 Å². The monoisotopic (exact) mass is 400 g/mol. The number of nitrogens with one attached hydrogen (secondary N) is 3. The fourth-order valence-corrected chi connectivity index (χ4v) is 2.35. The van der Waals surface area contributed by atoms with Gasteiger partial charge < -0.3 is 15.4 Å². The first kappa shape index (κ1) is 22.2. The van der Waals surface area contributed by atoms with Crippen molar-refractivity contribution in [3.63, 3.8) is 0 Å². The summed E-state index contributed by atoms with van der Waals surface area (Å²) < 4.78 is 5.14. The lowest BCUT2D eigenvalue weighted by molar-refractivity contribution is 0.0290. The average molecular weight is 400 g/mol. The van der Waals surface area contributed by atoms with Gasteiger partial charge in [0.25, 0.3) is 5.91 Å². The third kappa shape index (κ3) is 8.61. The number of rotatable bonds is 9. The number of carbonyl (C=O) groups excluding carboxylic acids is 2. The molecular formula is C21H28N4O4. The van der Waals surface area contributed by atoms with Crippen molar-refractivity contribution in [3.8, 4) is 0 Å². The number of amides is 2. The third-order valence-electron chi connectivity index (χ3n) is 3.66. The molecule has 0 unspecified atom stereocenters. The molecule has 3 N–H and O–H groups in total. The topological polar surface area (TPSA) is 102 Å². The van der Waals surface area contributed by atoms with Gasteiger partial charge in [-0.1, -0.05) is 12.1 Å². The maximum atomic E-state index is 12.4. The van der Waals surface area contributed by atoms with Crippen LogP contribution in [-0.4, -0.2) is 35.7 Å². The largest absolute Gasteiger partial charge is 0.444 e. The number of hydrogen-bond acceptors (Lipinski definition) is 6. The van der Waals surface area contributed by atoms with Crippen molar-refractivity contribution in [1.29, 1.82) is 0 Å². The van der Waals surface area contributed by atoms with Crippen molar-refractivity contribution in [2.45, 2.75) is 39.3 Å². The smallest absolute Gasteiger partial charge is 0.407 e. The van der Waals surface area contributed by atoms with Gasteiger partial charge in [0.2, 0.25) is 0 Å². The Morgan fingerprint density at radius 3 is 2.52 bits per heavy atom. The van der Waals surface area contributed by atoms with Crippen LogP contribution in [0.4, 0.5) is 10.5 Å². The highest BCUT2D eigenvalue weighted by Crippen LogP contribution is 2.16. The molecule has 0 aliphatic rings. The van der Waals surface area contributed by atoms with Crippen molar-refractivity contribution in [3.05, 3.63) is 59.9 Å². The zero-order valence-corrected chi connectivity index (χ0v) is 17.0. The molecule has 0 aliphatic heterocycles. The molecule has 0 aliphatic carbocycles. The Balaban J connectivity index is 1.72. The number of aromatic nitrogens is 1. The van der Waals surface area contributed by atoms with E-state index >= 15 is 0 Å². The van der Waals surface area contributed by atoms with Gasteiger partial charge >= 0.3 is 6.09 Å². The second-order valence-corrected chi connectivity index (χ2v) is 7.32. The molecule has 2 rings (SSSR count). The molecule has 0 bridgehead atoms. The van der Waals surface area contributed by atoms with E-state index in [-0.39, 0.29) is 12.5 Å². The number of benzene rings is 1. The molecule has 1 heterocycles. The first-order valence-electron chi connectivity index (χ1n) is 9.46. The van der Waals surface area contributed by atoms with Crippen LogP contribution in [0, 0.1) is 0 Å². The van der Waals surface area contributed by atoms with Crippen LogP contribution >= 0.6 is 0 Å². The Labute approximate surface area is 171 Å². The Hall–Kier alpha value is -3.13. The zero-order valence-electron chi connectivity index (χ0n) is 17.0. The summed E-state index contributed by atoms with van der Waals surface area (Å²) in [6.07, 6.45) is 3.50. The molecule has 0 fully saturated rings. The minimum absolute atomic E-state index is 0.258. The lowest BCUT2D eigenvalue weighted by atomic mass is 10.1. The first-order valence-corrected chi connectivity index (χ1v) is 9.46. The number of para-hydroxylation sites is 1. The number of pyridine rings is 1. The predicted molar refractivity (Wildman–Crippen MR) is 110 cm³/mol. The van der Waals surface area contributed by atoms with Gasteiger partial charge in [-0.25, -0.2) is 10.3 Å². The second kappa shape index (κ2) is 11.0. The van der Waals surface area contributed by atoms with Gasteiger partial charge in [0.15, 0.2) is 0 Å². The van der Waals surface area contributed by atoms with Crippen LogP contribution in [0.25, 0.3) is 0 Å². The number of hydrogen-bond donors (Lipinski definition) is 3. The molecule has 0 spiro atoms. The standard InChI is InChI=1S/C21H28N4O4/c1-21(2,3)29-20(27)23-11-6-14-28-25-19(26)17-7-4-5-8-18(17)24-15-16-9-12-22-13-10-16/h4-5,7-10,12-13,24H,6,11,14-15H2,1-3H3,(H,23,27)(H,25,26). The molecule has 2 aromatic rings. The Morgan fingerprint density at radius 1 is 1.07 bits per heavy atom. The molecule has 0 radical (unpaired) electrons. The number of hydroxylamine groups is 1. The van der Waals surface area contributed by atoms with E-state index in [0.717, 1.165) is 5.56 Å². The molecule has 2 amide bonds. The van der Waals surface area contributed by atoms with Crippen molar-refractivity contribution in [1.82, 2.24) is 15.8 Å². The summed E-state index contributed by atoms with van der Waals surface area (Å²) in [5.41, 5.74) is 4.14. The van der Waals surface area contributed by atoms with Crippen LogP contribution in [0.5, 0.6) is 0 Å². The normalized spacial score (nSPS) is 10.9. The van der Waals surface area contributed by atoms with Crippen LogP contribution in [0.1, 0.15) is 43.1 Å². The summed E-state index contributed by atoms with van der Waals surface area (Å²) in [4.78, 5) is 33.1. The van der Waals surface area contributed by atoms with Crippen molar-refractivity contribution < 1.29 is 19.2 Å². The van der Waals surface area contributed by atoms with Crippen molar-refractivity contribution >= 4 is 17.7 Å². The maximum absolute atomic E-state index is 12.4. The van der Waals surface area contributed by atoms with Gasteiger partial charge in [-0.05, 0) is 57.0 Å². The number of carbonyl (C=O) groups is 2. The SMILES string of the molecule is CC(C)(C)OC(=O)NCCCONC(=O)c1ccccc1NCc1ccncc1. The Morgan fingerprint density at radius 2 is 1.79 bits per heavy atom. The van der Waals surface area contributed by atoms with Gasteiger partial charge in [0.1, 0.15) is 5.60 Å². The summed E-state index contributed by atoms with van der Waals surface area (Å²) in [5.74, 6) is -0.345. The molecular weight excluding hydrogens is 372 g/mol. The summed E-state index contributed by atoms with van der Waals surface area (Å²) >= 11 is 0. The number of alkyl carbamates (subject to hydrolysis) is 1. The predicted octanol–water partition coefficient (Wildman–Crippen LogP) is 3.27. The van der Waals surface area contributed by atoms with Gasteiger partial charge in [-0.15, -0.1) is 0 Å². The number of anilines is 1. The minimum Gasteiger partial charge on any atom is -0.444 e. The molecule has 8 heteroatoms. The molecule has 1 aromatic heterocycles. The molecule has 0 saturated carbocycles. The third-order valence-corrected chi connectivity index (χ3v) is 3.66. The molecule has 156 valence electrons. The van der Waals surface area contributed by atoms with E-state index in [0.29, 0.717) is 30.8 Å². The lowest BCUT2D eigenvalue weighted by Gasteiger charge is -2.19. The molecule has 1 aromatic carbocycles. The zero-order chi connectivity index (χ0) is 21.1. The van der Waals surface area contributed by atoms with E-state index < -0.39 is 11.7 Å². The highest BCUT2D eigenvalue weighted by Gasteiger charge is 2.15. The van der Waals surface area contributed by atoms with E-state index in [1.165, 1.54) is 0 Å². The minimum atomic E-state index is -0.534. The highest BCUT2D eigenvalue weighted by molar-refractivity contribution is 5.98. The van der Waals surface area contributed by atoms with Crippen molar-refractivity contribution in [2.24, 2.45) is 0 Å². The highest BCUT2D eigenvalue weighted by atomic mass is 16.6. The summed E-state index contributed by atoms with van der Waals surface area (Å²) in [5, 5.41) is 5.88. The van der Waals surface area contributed by atoms with Crippen LogP contribution < -0.4 is 16.1 Å². The second-order valence-electron chi connectivity index (χ2n) is 7.32. The van der Waals surface area contributed by atoms with Crippen LogP contribution in [-0.2, 0) is 16.1 Å². The van der Waals surface area contributed by atoms with Crippen molar-refractivity contribution in [2.75, 3.05) is 18.5 Å².